The van der Waals surface area contributed by atoms with Crippen molar-refractivity contribution in [2.45, 2.75) is 43.7 Å². The summed E-state index contributed by atoms with van der Waals surface area (Å²) in [4.78, 5) is 12.8. The third-order valence-corrected chi connectivity index (χ3v) is 4.83. The highest BCUT2D eigenvalue weighted by Crippen LogP contribution is 2.48. The van der Waals surface area contributed by atoms with Gasteiger partial charge in [-0.2, -0.15) is 0 Å². The smallest absolute Gasteiger partial charge is 0.230 e. The first-order valence-corrected chi connectivity index (χ1v) is 8.30. The standard InChI is InChI=1S/C17H22ClNO3/c1-2-22-15-11-21-10-7-14(15)19-16(20)17(8-9-17)12-3-5-13(18)6-4-12/h3-6,14-15H,2,7-11H2,1H3,(H,19,20)/t14-,15-/m1/s1. The molecule has 1 heterocycles. The summed E-state index contributed by atoms with van der Waals surface area (Å²) in [7, 11) is 0. The van der Waals surface area contributed by atoms with Gasteiger partial charge in [-0.3, -0.25) is 4.79 Å². The monoisotopic (exact) mass is 323 g/mol. The summed E-state index contributed by atoms with van der Waals surface area (Å²) in [6, 6.07) is 7.65. The molecule has 1 aromatic rings. The molecule has 1 N–H and O–H groups in total. The molecule has 1 saturated carbocycles. The zero-order chi connectivity index (χ0) is 15.6. The maximum Gasteiger partial charge on any atom is 0.230 e. The van der Waals surface area contributed by atoms with Crippen LogP contribution in [0.25, 0.3) is 0 Å². The molecule has 22 heavy (non-hydrogen) atoms. The van der Waals surface area contributed by atoms with Crippen LogP contribution in [0.4, 0.5) is 0 Å². The largest absolute Gasteiger partial charge is 0.379 e. The molecule has 0 bridgehead atoms. The lowest BCUT2D eigenvalue weighted by Gasteiger charge is -2.33. The van der Waals surface area contributed by atoms with E-state index in [9.17, 15) is 4.79 Å². The van der Waals surface area contributed by atoms with Crippen LogP contribution < -0.4 is 5.32 Å². The van der Waals surface area contributed by atoms with Crippen molar-refractivity contribution in [1.29, 1.82) is 0 Å². The van der Waals surface area contributed by atoms with Gasteiger partial charge < -0.3 is 14.8 Å². The molecule has 0 unspecified atom stereocenters. The number of ether oxygens (including phenoxy) is 2. The molecule has 4 nitrogen and oxygen atoms in total. The van der Waals surface area contributed by atoms with Gasteiger partial charge in [0.2, 0.25) is 5.91 Å². The van der Waals surface area contributed by atoms with Gasteiger partial charge >= 0.3 is 0 Å². The maximum atomic E-state index is 12.8. The van der Waals surface area contributed by atoms with Gasteiger partial charge in [0.25, 0.3) is 0 Å². The summed E-state index contributed by atoms with van der Waals surface area (Å²) in [6.45, 7) is 3.81. The number of carbonyl (C=O) groups is 1. The second-order valence-electron chi connectivity index (χ2n) is 6.03. The lowest BCUT2D eigenvalue weighted by atomic mass is 9.94. The number of hydrogen-bond acceptors (Lipinski definition) is 3. The van der Waals surface area contributed by atoms with Crippen LogP contribution in [-0.2, 0) is 19.7 Å². The van der Waals surface area contributed by atoms with Crippen molar-refractivity contribution in [1.82, 2.24) is 5.32 Å². The fourth-order valence-corrected chi connectivity index (χ4v) is 3.23. The molecule has 1 aliphatic heterocycles. The molecule has 2 aliphatic rings. The third kappa shape index (κ3) is 3.14. The molecule has 0 aromatic heterocycles. The zero-order valence-electron chi connectivity index (χ0n) is 12.8. The van der Waals surface area contributed by atoms with E-state index >= 15 is 0 Å². The first kappa shape index (κ1) is 15.8. The number of carbonyl (C=O) groups excluding carboxylic acids is 1. The van der Waals surface area contributed by atoms with E-state index in [1.165, 1.54) is 0 Å². The molecule has 1 aromatic carbocycles. The van der Waals surface area contributed by atoms with Crippen LogP contribution in [0.2, 0.25) is 5.02 Å². The van der Waals surface area contributed by atoms with E-state index in [0.29, 0.717) is 24.8 Å². The quantitative estimate of drug-likeness (QED) is 0.906. The van der Waals surface area contributed by atoms with E-state index in [1.54, 1.807) is 0 Å². The summed E-state index contributed by atoms with van der Waals surface area (Å²) in [5, 5.41) is 3.89. The third-order valence-electron chi connectivity index (χ3n) is 4.58. The van der Waals surface area contributed by atoms with Gasteiger partial charge in [0.05, 0.1) is 18.1 Å². The SMILES string of the molecule is CCO[C@@H]1COCC[C@H]1NC(=O)C1(c2ccc(Cl)cc2)CC1. The molecule has 0 spiro atoms. The van der Waals surface area contributed by atoms with Crippen molar-refractivity contribution in [2.24, 2.45) is 0 Å². The molecule has 3 rings (SSSR count). The molecule has 1 amide bonds. The van der Waals surface area contributed by atoms with Crippen molar-refractivity contribution in [3.05, 3.63) is 34.9 Å². The lowest BCUT2D eigenvalue weighted by Crippen LogP contribution is -2.52. The number of nitrogens with one attached hydrogen (secondary N) is 1. The highest BCUT2D eigenvalue weighted by atomic mass is 35.5. The first-order chi connectivity index (χ1) is 10.7. The molecule has 2 atom stereocenters. The van der Waals surface area contributed by atoms with Gasteiger partial charge in [-0.1, -0.05) is 23.7 Å². The molecule has 1 aliphatic carbocycles. The highest BCUT2D eigenvalue weighted by molar-refractivity contribution is 6.30. The summed E-state index contributed by atoms with van der Waals surface area (Å²) in [5.41, 5.74) is 0.675. The van der Waals surface area contributed by atoms with Crippen LogP contribution >= 0.6 is 11.6 Å². The minimum atomic E-state index is -0.375. The molecule has 0 radical (unpaired) electrons. The van der Waals surface area contributed by atoms with E-state index in [2.05, 4.69) is 5.32 Å². The number of amides is 1. The molecule has 5 heteroatoms. The number of benzene rings is 1. The summed E-state index contributed by atoms with van der Waals surface area (Å²) >= 11 is 5.94. The van der Waals surface area contributed by atoms with Gasteiger partial charge in [0.15, 0.2) is 0 Å². The topological polar surface area (TPSA) is 47.6 Å². The van der Waals surface area contributed by atoms with Crippen LogP contribution in [0.5, 0.6) is 0 Å². The first-order valence-electron chi connectivity index (χ1n) is 7.92. The van der Waals surface area contributed by atoms with Crippen molar-refractivity contribution >= 4 is 17.5 Å². The Bertz CT molecular complexity index is 525. The van der Waals surface area contributed by atoms with Gasteiger partial charge in [0, 0.05) is 18.2 Å². The Balaban J connectivity index is 1.69. The Morgan fingerprint density at radius 1 is 1.41 bits per heavy atom. The van der Waals surface area contributed by atoms with Crippen LogP contribution in [0.3, 0.4) is 0 Å². The van der Waals surface area contributed by atoms with Gasteiger partial charge in [-0.25, -0.2) is 0 Å². The van der Waals surface area contributed by atoms with E-state index in [0.717, 1.165) is 24.8 Å². The van der Waals surface area contributed by atoms with Crippen molar-refractivity contribution in [3.63, 3.8) is 0 Å². The Morgan fingerprint density at radius 2 is 2.14 bits per heavy atom. The van der Waals surface area contributed by atoms with Crippen LogP contribution in [-0.4, -0.2) is 37.9 Å². The Labute approximate surface area is 136 Å². The normalized spacial score (nSPS) is 26.5. The fourth-order valence-electron chi connectivity index (χ4n) is 3.10. The van der Waals surface area contributed by atoms with Crippen LogP contribution in [0.1, 0.15) is 31.7 Å². The summed E-state index contributed by atoms with van der Waals surface area (Å²) in [6.07, 6.45) is 2.53. The molecular weight excluding hydrogens is 302 g/mol. The minimum Gasteiger partial charge on any atom is -0.379 e. The molecule has 2 fully saturated rings. The minimum absolute atomic E-state index is 0.0333. The van der Waals surface area contributed by atoms with Crippen LogP contribution in [0.15, 0.2) is 24.3 Å². The number of rotatable bonds is 5. The van der Waals surface area contributed by atoms with Gasteiger partial charge in [0.1, 0.15) is 6.10 Å². The predicted octanol–water partition coefficient (Wildman–Crippen LogP) is 2.68. The number of hydrogen-bond donors (Lipinski definition) is 1. The molecule has 1 saturated heterocycles. The van der Waals surface area contributed by atoms with E-state index < -0.39 is 0 Å². The van der Waals surface area contributed by atoms with Crippen molar-refractivity contribution < 1.29 is 14.3 Å². The Morgan fingerprint density at radius 3 is 2.77 bits per heavy atom. The van der Waals surface area contributed by atoms with Crippen LogP contribution in [0, 0.1) is 0 Å². The predicted molar refractivity (Wildman–Crippen MR) is 85.1 cm³/mol. The Kier molecular flexibility index (Phi) is 4.71. The Hall–Kier alpha value is -1.10. The second-order valence-corrected chi connectivity index (χ2v) is 6.46. The highest BCUT2D eigenvalue weighted by Gasteiger charge is 2.52. The van der Waals surface area contributed by atoms with E-state index in [1.807, 2.05) is 31.2 Å². The number of halogens is 1. The second kappa shape index (κ2) is 6.57. The molecule has 120 valence electrons. The summed E-state index contributed by atoms with van der Waals surface area (Å²) < 4.78 is 11.1. The average Bonchev–Trinajstić information content (AvgIpc) is 3.32. The molecular formula is C17H22ClNO3. The van der Waals surface area contributed by atoms with Crippen molar-refractivity contribution in [3.8, 4) is 0 Å². The summed E-state index contributed by atoms with van der Waals surface area (Å²) in [5.74, 6) is 0.103. The van der Waals surface area contributed by atoms with Crippen molar-refractivity contribution in [2.75, 3.05) is 19.8 Å². The van der Waals surface area contributed by atoms with Gasteiger partial charge in [-0.05, 0) is 43.9 Å². The zero-order valence-corrected chi connectivity index (χ0v) is 13.6. The van der Waals surface area contributed by atoms with E-state index in [-0.39, 0.29) is 23.5 Å². The fraction of sp³-hybridized carbons (Fsp3) is 0.588. The van der Waals surface area contributed by atoms with Gasteiger partial charge in [-0.15, -0.1) is 0 Å². The lowest BCUT2D eigenvalue weighted by molar-refractivity contribution is -0.128. The maximum absolute atomic E-state index is 12.8. The van der Waals surface area contributed by atoms with E-state index in [4.69, 9.17) is 21.1 Å². The average molecular weight is 324 g/mol.